The van der Waals surface area contributed by atoms with Crippen molar-refractivity contribution in [1.29, 1.82) is 0 Å². The second-order valence-electron chi connectivity index (χ2n) is 9.57. The summed E-state index contributed by atoms with van der Waals surface area (Å²) >= 11 is 0. The van der Waals surface area contributed by atoms with Crippen molar-refractivity contribution in [3.05, 3.63) is 129 Å². The molecule has 15 heteroatoms. The number of hydrogen-bond donors (Lipinski definition) is 4. The maximum absolute atomic E-state index is 10.6. The van der Waals surface area contributed by atoms with E-state index in [1.807, 2.05) is 36.4 Å². The number of phenols is 4. The van der Waals surface area contributed by atoms with Crippen molar-refractivity contribution in [2.24, 2.45) is 20.5 Å². The number of nitrogens with zero attached hydrogens (tertiary/aromatic N) is 6. The SMILES string of the molecule is O=[N+]([O-])c1ccc(N=Nc2c(O)ccc3ccccc23)c(O)c1.O=[N+]([O-])c1ccc(N=Nc2c(O)ccc3ccccc23)c(O)c1.[V]. The summed E-state index contributed by atoms with van der Waals surface area (Å²) in [6.45, 7) is 0. The number of hydrogen-bond acceptors (Lipinski definition) is 12. The first kappa shape index (κ1) is 33.5. The van der Waals surface area contributed by atoms with Crippen LogP contribution in [0.25, 0.3) is 21.5 Å². The molecule has 14 nitrogen and oxygen atoms in total. The van der Waals surface area contributed by atoms with Crippen LogP contribution in [0.15, 0.2) is 130 Å². The molecule has 0 amide bonds. The minimum Gasteiger partial charge on any atom is -0.506 e. The second-order valence-corrected chi connectivity index (χ2v) is 9.57. The molecule has 0 bridgehead atoms. The van der Waals surface area contributed by atoms with Gasteiger partial charge in [-0.3, -0.25) is 20.2 Å². The van der Waals surface area contributed by atoms with E-state index >= 15 is 0 Å². The van der Waals surface area contributed by atoms with Crippen molar-refractivity contribution in [3.63, 3.8) is 0 Å². The molecule has 6 aromatic carbocycles. The minimum absolute atomic E-state index is 0. The fourth-order valence-electron chi connectivity index (χ4n) is 4.33. The predicted molar refractivity (Wildman–Crippen MR) is 169 cm³/mol. The Hall–Kier alpha value is -6.38. The Morgan fingerprint density at radius 2 is 0.851 bits per heavy atom. The van der Waals surface area contributed by atoms with Crippen LogP contribution in [0.3, 0.4) is 0 Å². The van der Waals surface area contributed by atoms with Crippen LogP contribution in [0.5, 0.6) is 23.0 Å². The number of azo groups is 2. The van der Waals surface area contributed by atoms with E-state index in [-0.39, 0.29) is 75.7 Å². The zero-order chi connectivity index (χ0) is 32.8. The number of non-ortho nitro benzene ring substituents is 2. The Morgan fingerprint density at radius 1 is 0.468 bits per heavy atom. The summed E-state index contributed by atoms with van der Waals surface area (Å²) in [5.74, 6) is -0.812. The van der Waals surface area contributed by atoms with Crippen LogP contribution in [0.4, 0.5) is 34.1 Å². The van der Waals surface area contributed by atoms with Gasteiger partial charge in [0.2, 0.25) is 0 Å². The van der Waals surface area contributed by atoms with E-state index in [9.17, 15) is 40.7 Å². The normalized spacial score (nSPS) is 10.9. The Morgan fingerprint density at radius 3 is 1.21 bits per heavy atom. The molecular formula is C32H22N6O8V. The Balaban J connectivity index is 0.000000208. The minimum atomic E-state index is -0.614. The second kappa shape index (κ2) is 14.6. The first-order chi connectivity index (χ1) is 22.1. The maximum atomic E-state index is 10.6. The largest absolute Gasteiger partial charge is 0.506 e. The first-order valence-electron chi connectivity index (χ1n) is 13.3. The molecule has 0 fully saturated rings. The fourth-order valence-corrected chi connectivity index (χ4v) is 4.33. The molecule has 0 aromatic heterocycles. The van der Waals surface area contributed by atoms with E-state index < -0.39 is 9.85 Å². The Kier molecular flexibility index (Phi) is 10.4. The molecule has 0 saturated heterocycles. The number of rotatable bonds is 6. The molecule has 0 spiro atoms. The third-order valence-electron chi connectivity index (χ3n) is 6.61. The summed E-state index contributed by atoms with van der Waals surface area (Å²) in [7, 11) is 0. The summed E-state index contributed by atoms with van der Waals surface area (Å²) in [4.78, 5) is 20.1. The fraction of sp³-hybridized carbons (Fsp3) is 0. The molecule has 233 valence electrons. The van der Waals surface area contributed by atoms with Gasteiger partial charge in [0.15, 0.2) is 0 Å². The number of fused-ring (bicyclic) bond motifs is 2. The molecule has 1 radical (unpaired) electrons. The van der Waals surface area contributed by atoms with Gasteiger partial charge < -0.3 is 20.4 Å². The predicted octanol–water partition coefficient (Wildman–Crippen LogP) is 9.15. The number of nitro benzene ring substituents is 2. The van der Waals surface area contributed by atoms with Gasteiger partial charge in [-0.1, -0.05) is 60.7 Å². The van der Waals surface area contributed by atoms with Crippen molar-refractivity contribution in [3.8, 4) is 23.0 Å². The summed E-state index contributed by atoms with van der Waals surface area (Å²) in [5.41, 5.74) is 0.191. The van der Waals surface area contributed by atoms with Gasteiger partial charge in [0.05, 0.1) is 22.0 Å². The first-order valence-corrected chi connectivity index (χ1v) is 13.3. The van der Waals surface area contributed by atoms with Crippen molar-refractivity contribution < 1.29 is 48.8 Å². The molecule has 0 unspecified atom stereocenters. The van der Waals surface area contributed by atoms with Crippen molar-refractivity contribution >= 4 is 55.7 Å². The molecule has 0 aliphatic carbocycles. The average molecular weight is 670 g/mol. The van der Waals surface area contributed by atoms with Gasteiger partial charge in [-0.2, -0.15) is 0 Å². The van der Waals surface area contributed by atoms with Gasteiger partial charge >= 0.3 is 0 Å². The van der Waals surface area contributed by atoms with E-state index in [1.165, 1.54) is 36.4 Å². The molecular weight excluding hydrogens is 647 g/mol. The Labute approximate surface area is 276 Å². The summed E-state index contributed by atoms with van der Waals surface area (Å²) in [6.07, 6.45) is 0. The van der Waals surface area contributed by atoms with Crippen LogP contribution in [0, 0.1) is 20.2 Å². The van der Waals surface area contributed by atoms with Gasteiger partial charge in [-0.25, -0.2) is 0 Å². The van der Waals surface area contributed by atoms with Crippen LogP contribution in [-0.4, -0.2) is 30.3 Å². The van der Waals surface area contributed by atoms with E-state index in [2.05, 4.69) is 20.5 Å². The van der Waals surface area contributed by atoms with Gasteiger partial charge in [-0.15, -0.1) is 20.5 Å². The van der Waals surface area contributed by atoms with Crippen molar-refractivity contribution in [2.75, 3.05) is 0 Å². The van der Waals surface area contributed by atoms with E-state index in [1.54, 1.807) is 24.3 Å². The molecule has 47 heavy (non-hydrogen) atoms. The third kappa shape index (κ3) is 7.65. The van der Waals surface area contributed by atoms with Crippen molar-refractivity contribution in [1.82, 2.24) is 0 Å². The van der Waals surface area contributed by atoms with Gasteiger partial charge in [0, 0.05) is 41.5 Å². The van der Waals surface area contributed by atoms with E-state index in [4.69, 9.17) is 0 Å². The number of aromatic hydroxyl groups is 4. The monoisotopic (exact) mass is 669 g/mol. The topological polar surface area (TPSA) is 217 Å². The smallest absolute Gasteiger partial charge is 0.273 e. The van der Waals surface area contributed by atoms with Crippen LogP contribution in [-0.2, 0) is 18.6 Å². The number of phenolic OH excluding ortho intramolecular Hbond substituents is 4. The van der Waals surface area contributed by atoms with Crippen LogP contribution >= 0.6 is 0 Å². The molecule has 0 aliphatic heterocycles. The van der Waals surface area contributed by atoms with Crippen LogP contribution in [0.2, 0.25) is 0 Å². The molecule has 0 saturated carbocycles. The van der Waals surface area contributed by atoms with E-state index in [0.29, 0.717) is 10.8 Å². The summed E-state index contributed by atoms with van der Waals surface area (Å²) in [5, 5.41) is 79.7. The van der Waals surface area contributed by atoms with Crippen molar-refractivity contribution in [2.45, 2.75) is 0 Å². The zero-order valence-corrected chi connectivity index (χ0v) is 25.3. The molecule has 0 aliphatic rings. The number of benzene rings is 6. The maximum Gasteiger partial charge on any atom is 0.273 e. The average Bonchev–Trinajstić information content (AvgIpc) is 3.05. The molecule has 0 heterocycles. The van der Waals surface area contributed by atoms with Gasteiger partial charge in [0.1, 0.15) is 45.7 Å². The molecule has 6 aromatic rings. The standard InChI is InChI=1S/2C16H11N3O4.V/c2*20-14-8-5-10-3-1-2-4-12(10)16(14)18-17-13-7-6-11(19(22)23)9-15(13)21;/h2*1-9,20-21H;. The summed E-state index contributed by atoms with van der Waals surface area (Å²) in [6, 6.07) is 28.2. The van der Waals surface area contributed by atoms with Gasteiger partial charge in [-0.05, 0) is 35.0 Å². The number of nitro groups is 2. The molecule has 6 rings (SSSR count). The summed E-state index contributed by atoms with van der Waals surface area (Å²) < 4.78 is 0. The molecule has 0 atom stereocenters. The van der Waals surface area contributed by atoms with Gasteiger partial charge in [0.25, 0.3) is 11.4 Å². The third-order valence-corrected chi connectivity index (χ3v) is 6.61. The van der Waals surface area contributed by atoms with Crippen LogP contribution < -0.4 is 0 Å². The van der Waals surface area contributed by atoms with E-state index in [0.717, 1.165) is 22.9 Å². The van der Waals surface area contributed by atoms with Crippen LogP contribution in [0.1, 0.15) is 0 Å². The Bertz CT molecular complexity index is 2040. The quantitative estimate of drug-likeness (QED) is 0.0759. The molecule has 4 N–H and O–H groups in total. The zero-order valence-electron chi connectivity index (χ0n) is 23.9.